The van der Waals surface area contributed by atoms with Crippen LogP contribution in [0.2, 0.25) is 0 Å². The quantitative estimate of drug-likeness (QED) is 0.270. The lowest BCUT2D eigenvalue weighted by molar-refractivity contribution is 0.0950. The molecular formula is C17H24FIN4O2. The van der Waals surface area contributed by atoms with Gasteiger partial charge in [0.05, 0.1) is 23.8 Å². The zero-order chi connectivity index (χ0) is 16.9. The summed E-state index contributed by atoms with van der Waals surface area (Å²) in [7, 11) is 1.71. The van der Waals surface area contributed by atoms with Crippen molar-refractivity contribution in [1.82, 2.24) is 16.0 Å². The molecule has 3 N–H and O–H groups in total. The van der Waals surface area contributed by atoms with Crippen LogP contribution in [0.25, 0.3) is 0 Å². The largest absolute Gasteiger partial charge is 0.373 e. The van der Waals surface area contributed by atoms with Gasteiger partial charge in [-0.3, -0.25) is 9.79 Å². The maximum atomic E-state index is 13.5. The van der Waals surface area contributed by atoms with Crippen LogP contribution in [0.3, 0.4) is 0 Å². The summed E-state index contributed by atoms with van der Waals surface area (Å²) in [4.78, 5) is 16.1. The Morgan fingerprint density at radius 2 is 2.04 bits per heavy atom. The molecule has 2 bridgehead atoms. The van der Waals surface area contributed by atoms with E-state index in [1.54, 1.807) is 19.2 Å². The highest BCUT2D eigenvalue weighted by molar-refractivity contribution is 14.0. The molecule has 3 atom stereocenters. The van der Waals surface area contributed by atoms with Crippen molar-refractivity contribution in [2.45, 2.75) is 37.5 Å². The maximum Gasteiger partial charge on any atom is 0.254 e. The molecule has 3 rings (SSSR count). The molecule has 0 spiro atoms. The monoisotopic (exact) mass is 462 g/mol. The Balaban J connectivity index is 0.00000225. The van der Waals surface area contributed by atoms with Crippen molar-refractivity contribution in [1.29, 1.82) is 0 Å². The van der Waals surface area contributed by atoms with Crippen LogP contribution in [0.4, 0.5) is 4.39 Å². The maximum absolute atomic E-state index is 13.5. The summed E-state index contributed by atoms with van der Waals surface area (Å²) in [5.74, 6) is -0.243. The summed E-state index contributed by atoms with van der Waals surface area (Å²) in [6.45, 7) is 0.878. The zero-order valence-corrected chi connectivity index (χ0v) is 16.5. The Bertz CT molecular complexity index is 628. The molecule has 0 radical (unpaired) electrons. The van der Waals surface area contributed by atoms with Crippen LogP contribution >= 0.6 is 24.0 Å². The second-order valence-electron chi connectivity index (χ2n) is 6.10. The molecule has 138 valence electrons. The minimum atomic E-state index is -0.517. The molecule has 2 saturated heterocycles. The van der Waals surface area contributed by atoms with Crippen LogP contribution < -0.4 is 16.0 Å². The van der Waals surface area contributed by atoms with E-state index in [0.717, 1.165) is 19.3 Å². The molecular weight excluding hydrogens is 438 g/mol. The van der Waals surface area contributed by atoms with E-state index >= 15 is 0 Å². The SMILES string of the molecule is CN=C(NCCNC(=O)c1ccccc1F)NC1CC2CCC1O2.I. The predicted molar refractivity (Wildman–Crippen MR) is 105 cm³/mol. The molecule has 25 heavy (non-hydrogen) atoms. The lowest BCUT2D eigenvalue weighted by Crippen LogP contribution is -2.48. The summed E-state index contributed by atoms with van der Waals surface area (Å²) in [6, 6.07) is 6.23. The third kappa shape index (κ3) is 5.04. The molecule has 1 aromatic carbocycles. The van der Waals surface area contributed by atoms with E-state index in [4.69, 9.17) is 4.74 Å². The van der Waals surface area contributed by atoms with Gasteiger partial charge in [0.1, 0.15) is 5.82 Å². The molecule has 2 fully saturated rings. The number of amides is 1. The average Bonchev–Trinajstić information content (AvgIpc) is 3.20. The van der Waals surface area contributed by atoms with Crippen molar-refractivity contribution in [3.63, 3.8) is 0 Å². The molecule has 0 aliphatic carbocycles. The molecule has 2 heterocycles. The van der Waals surface area contributed by atoms with Crippen molar-refractivity contribution >= 4 is 35.8 Å². The van der Waals surface area contributed by atoms with Crippen molar-refractivity contribution in [2.24, 2.45) is 4.99 Å². The summed E-state index contributed by atoms with van der Waals surface area (Å²) in [5, 5.41) is 9.21. The number of nitrogens with one attached hydrogen (secondary N) is 3. The fourth-order valence-corrected chi connectivity index (χ4v) is 3.26. The lowest BCUT2D eigenvalue weighted by atomic mass is 9.96. The Kier molecular flexibility index (Phi) is 7.42. The first-order valence-corrected chi connectivity index (χ1v) is 8.32. The van der Waals surface area contributed by atoms with E-state index in [-0.39, 0.29) is 35.6 Å². The minimum Gasteiger partial charge on any atom is -0.373 e. The predicted octanol–water partition coefficient (Wildman–Crippen LogP) is 1.66. The highest BCUT2D eigenvalue weighted by Gasteiger charge is 2.41. The zero-order valence-electron chi connectivity index (χ0n) is 14.1. The molecule has 1 amide bonds. The number of guanidine groups is 1. The Hall–Kier alpha value is -1.42. The standard InChI is InChI=1S/C17H23FN4O2.HI/c1-19-17(22-14-10-11-6-7-15(14)24-11)21-9-8-20-16(23)12-4-2-3-5-13(12)18;/h2-5,11,14-15H,6-10H2,1H3,(H,20,23)(H2,19,21,22);1H. The highest BCUT2D eigenvalue weighted by Crippen LogP contribution is 2.34. The van der Waals surface area contributed by atoms with Gasteiger partial charge >= 0.3 is 0 Å². The van der Waals surface area contributed by atoms with Gasteiger partial charge in [0.15, 0.2) is 5.96 Å². The van der Waals surface area contributed by atoms with Crippen LogP contribution in [0, 0.1) is 5.82 Å². The number of rotatable bonds is 5. The molecule has 0 saturated carbocycles. The Morgan fingerprint density at radius 3 is 2.68 bits per heavy atom. The van der Waals surface area contributed by atoms with Crippen LogP contribution in [-0.4, -0.2) is 50.3 Å². The van der Waals surface area contributed by atoms with Gasteiger partial charge in [-0.25, -0.2) is 4.39 Å². The van der Waals surface area contributed by atoms with Crippen molar-refractivity contribution in [3.05, 3.63) is 35.6 Å². The molecule has 0 aromatic heterocycles. The fraction of sp³-hybridized carbons (Fsp3) is 0.529. The van der Waals surface area contributed by atoms with Gasteiger partial charge in [-0.15, -0.1) is 24.0 Å². The van der Waals surface area contributed by atoms with Crippen molar-refractivity contribution < 1.29 is 13.9 Å². The summed E-state index contributed by atoms with van der Waals surface area (Å²) >= 11 is 0. The van der Waals surface area contributed by atoms with Gasteiger partial charge in [-0.05, 0) is 31.4 Å². The van der Waals surface area contributed by atoms with Gasteiger partial charge in [0, 0.05) is 20.1 Å². The number of aliphatic imine (C=N–C) groups is 1. The normalized spacial score (nSPS) is 24.6. The Morgan fingerprint density at radius 1 is 1.28 bits per heavy atom. The molecule has 6 nitrogen and oxygen atoms in total. The Labute approximate surface area is 164 Å². The lowest BCUT2D eigenvalue weighted by Gasteiger charge is -2.22. The summed E-state index contributed by atoms with van der Waals surface area (Å²) in [5.41, 5.74) is 0.0548. The number of nitrogens with zero attached hydrogens (tertiary/aromatic N) is 1. The average molecular weight is 462 g/mol. The van der Waals surface area contributed by atoms with Crippen LogP contribution in [0.1, 0.15) is 29.6 Å². The van der Waals surface area contributed by atoms with E-state index < -0.39 is 11.7 Å². The second-order valence-corrected chi connectivity index (χ2v) is 6.10. The number of ether oxygens (including phenoxy) is 1. The number of hydrogen-bond acceptors (Lipinski definition) is 3. The summed E-state index contributed by atoms with van der Waals surface area (Å²) < 4.78 is 19.3. The van der Waals surface area contributed by atoms with E-state index in [9.17, 15) is 9.18 Å². The van der Waals surface area contributed by atoms with Crippen LogP contribution in [0.5, 0.6) is 0 Å². The number of hydrogen-bond donors (Lipinski definition) is 3. The first-order valence-electron chi connectivity index (χ1n) is 8.32. The number of carbonyl (C=O) groups excluding carboxylic acids is 1. The van der Waals surface area contributed by atoms with E-state index in [1.165, 1.54) is 12.1 Å². The number of halogens is 2. The molecule has 8 heteroatoms. The number of benzene rings is 1. The van der Waals surface area contributed by atoms with E-state index in [2.05, 4.69) is 20.9 Å². The summed E-state index contributed by atoms with van der Waals surface area (Å²) in [6.07, 6.45) is 3.91. The number of carbonyl (C=O) groups is 1. The van der Waals surface area contributed by atoms with Gasteiger partial charge in [0.2, 0.25) is 0 Å². The van der Waals surface area contributed by atoms with Crippen molar-refractivity contribution in [2.75, 3.05) is 20.1 Å². The van der Waals surface area contributed by atoms with Gasteiger partial charge < -0.3 is 20.7 Å². The number of fused-ring (bicyclic) bond motifs is 2. The van der Waals surface area contributed by atoms with Gasteiger partial charge in [0.25, 0.3) is 5.91 Å². The molecule has 3 unspecified atom stereocenters. The highest BCUT2D eigenvalue weighted by atomic mass is 127. The second kappa shape index (κ2) is 9.33. The first-order chi connectivity index (χ1) is 11.7. The van der Waals surface area contributed by atoms with Crippen LogP contribution in [0.15, 0.2) is 29.3 Å². The third-order valence-corrected chi connectivity index (χ3v) is 4.47. The minimum absolute atomic E-state index is 0. The molecule has 2 aliphatic rings. The van der Waals surface area contributed by atoms with E-state index in [0.29, 0.717) is 31.2 Å². The van der Waals surface area contributed by atoms with Crippen LogP contribution in [-0.2, 0) is 4.74 Å². The fourth-order valence-electron chi connectivity index (χ4n) is 3.26. The first kappa shape index (κ1) is 19.9. The van der Waals surface area contributed by atoms with Gasteiger partial charge in [-0.1, -0.05) is 12.1 Å². The third-order valence-electron chi connectivity index (χ3n) is 4.47. The van der Waals surface area contributed by atoms with Gasteiger partial charge in [-0.2, -0.15) is 0 Å². The topological polar surface area (TPSA) is 74.8 Å². The van der Waals surface area contributed by atoms with E-state index in [1.807, 2.05) is 0 Å². The molecule has 1 aromatic rings. The van der Waals surface area contributed by atoms with Crippen molar-refractivity contribution in [3.8, 4) is 0 Å². The molecule has 2 aliphatic heterocycles. The smallest absolute Gasteiger partial charge is 0.254 e.